The Balaban J connectivity index is 1.65. The highest BCUT2D eigenvalue weighted by Gasteiger charge is 2.40. The van der Waals surface area contributed by atoms with Crippen LogP contribution in [-0.2, 0) is 6.54 Å². The van der Waals surface area contributed by atoms with Gasteiger partial charge in [0.25, 0.3) is 5.56 Å². The fourth-order valence-corrected chi connectivity index (χ4v) is 4.22. The summed E-state index contributed by atoms with van der Waals surface area (Å²) >= 11 is 0. The number of piperidine rings is 1. The van der Waals surface area contributed by atoms with E-state index < -0.39 is 0 Å². The Labute approximate surface area is 135 Å². The van der Waals surface area contributed by atoms with Crippen LogP contribution >= 0.6 is 0 Å². The summed E-state index contributed by atoms with van der Waals surface area (Å²) < 4.78 is 1.83. The molecule has 1 fully saturated rings. The van der Waals surface area contributed by atoms with Crippen LogP contribution in [0.5, 0.6) is 0 Å². The minimum absolute atomic E-state index is 0.00873. The number of aromatic nitrogens is 2. The van der Waals surface area contributed by atoms with E-state index in [1.165, 1.54) is 0 Å². The number of nitrogens with zero attached hydrogens (tertiary/aromatic N) is 3. The minimum Gasteiger partial charge on any atom is -0.394 e. The van der Waals surface area contributed by atoms with Crippen molar-refractivity contribution in [1.82, 2.24) is 14.5 Å². The lowest BCUT2D eigenvalue weighted by Crippen LogP contribution is -2.50. The van der Waals surface area contributed by atoms with Crippen molar-refractivity contribution in [3.8, 4) is 0 Å². The van der Waals surface area contributed by atoms with Gasteiger partial charge in [-0.15, -0.1) is 0 Å². The van der Waals surface area contributed by atoms with Gasteiger partial charge in [-0.25, -0.2) is 0 Å². The zero-order chi connectivity index (χ0) is 15.8. The van der Waals surface area contributed by atoms with Crippen molar-refractivity contribution >= 4 is 0 Å². The van der Waals surface area contributed by atoms with Crippen molar-refractivity contribution in [2.24, 2.45) is 5.92 Å². The summed E-state index contributed by atoms with van der Waals surface area (Å²) in [5.74, 6) is 0.671. The van der Waals surface area contributed by atoms with E-state index in [1.807, 2.05) is 41.1 Å². The van der Waals surface area contributed by atoms with E-state index in [9.17, 15) is 9.90 Å². The zero-order valence-corrected chi connectivity index (χ0v) is 13.0. The van der Waals surface area contributed by atoms with Gasteiger partial charge in [-0.1, -0.05) is 12.1 Å². The summed E-state index contributed by atoms with van der Waals surface area (Å²) in [7, 11) is 0. The van der Waals surface area contributed by atoms with E-state index in [0.29, 0.717) is 11.8 Å². The van der Waals surface area contributed by atoms with E-state index in [2.05, 4.69) is 9.88 Å². The SMILES string of the molecule is O=c1cccc2n1[C@@H](CO)[C@H]1C[C@@H]2CN(Cc2ccccn2)C1. The third-order valence-corrected chi connectivity index (χ3v) is 5.17. The maximum absolute atomic E-state index is 12.3. The molecular weight excluding hydrogens is 290 g/mol. The third-order valence-electron chi connectivity index (χ3n) is 5.17. The Bertz CT molecular complexity index is 743. The Morgan fingerprint density at radius 2 is 2.09 bits per heavy atom. The van der Waals surface area contributed by atoms with E-state index in [4.69, 9.17) is 0 Å². The number of aliphatic hydroxyl groups is 1. The molecule has 0 amide bonds. The fourth-order valence-electron chi connectivity index (χ4n) is 4.22. The van der Waals surface area contributed by atoms with Crippen molar-refractivity contribution in [2.75, 3.05) is 19.7 Å². The predicted molar refractivity (Wildman–Crippen MR) is 87.2 cm³/mol. The monoisotopic (exact) mass is 311 g/mol. The van der Waals surface area contributed by atoms with Gasteiger partial charge < -0.3 is 9.67 Å². The number of rotatable bonds is 3. The lowest BCUT2D eigenvalue weighted by Gasteiger charge is -2.46. The second-order valence-electron chi connectivity index (χ2n) is 6.62. The molecular formula is C18H21N3O2. The van der Waals surface area contributed by atoms with E-state index >= 15 is 0 Å². The average Bonchev–Trinajstić information content (AvgIpc) is 2.57. The number of pyridine rings is 2. The average molecular weight is 311 g/mol. The maximum atomic E-state index is 12.3. The number of aliphatic hydroxyl groups excluding tert-OH is 1. The second kappa shape index (κ2) is 5.91. The van der Waals surface area contributed by atoms with Gasteiger partial charge in [0, 0.05) is 43.5 Å². The first-order chi connectivity index (χ1) is 11.3. The van der Waals surface area contributed by atoms with Crippen LogP contribution in [0.3, 0.4) is 0 Å². The molecule has 2 aliphatic heterocycles. The van der Waals surface area contributed by atoms with Crippen LogP contribution in [0.2, 0.25) is 0 Å². The van der Waals surface area contributed by atoms with E-state index in [1.54, 1.807) is 6.07 Å². The van der Waals surface area contributed by atoms with Gasteiger partial charge in [-0.05, 0) is 30.5 Å². The van der Waals surface area contributed by atoms with Crippen molar-refractivity contribution in [2.45, 2.75) is 24.9 Å². The Hall–Kier alpha value is -1.98. The quantitative estimate of drug-likeness (QED) is 0.931. The Kier molecular flexibility index (Phi) is 3.75. The van der Waals surface area contributed by atoms with Crippen molar-refractivity contribution in [3.05, 3.63) is 64.3 Å². The molecule has 4 heterocycles. The Morgan fingerprint density at radius 3 is 2.87 bits per heavy atom. The van der Waals surface area contributed by atoms with Crippen LogP contribution in [0.1, 0.15) is 29.8 Å². The van der Waals surface area contributed by atoms with Gasteiger partial charge in [0.15, 0.2) is 0 Å². The van der Waals surface area contributed by atoms with E-state index in [0.717, 1.165) is 37.4 Å². The van der Waals surface area contributed by atoms with Gasteiger partial charge >= 0.3 is 0 Å². The molecule has 2 aromatic heterocycles. The topological polar surface area (TPSA) is 58.4 Å². The summed E-state index contributed by atoms with van der Waals surface area (Å²) in [5, 5.41) is 9.86. The molecule has 0 unspecified atom stereocenters. The maximum Gasteiger partial charge on any atom is 0.251 e. The lowest BCUT2D eigenvalue weighted by atomic mass is 9.78. The van der Waals surface area contributed by atoms with Crippen LogP contribution in [-0.4, -0.2) is 39.3 Å². The zero-order valence-electron chi connectivity index (χ0n) is 13.0. The first kappa shape index (κ1) is 14.6. The molecule has 5 heteroatoms. The van der Waals surface area contributed by atoms with Crippen LogP contribution in [0, 0.1) is 5.92 Å². The molecule has 0 aliphatic carbocycles. The summed E-state index contributed by atoms with van der Waals surface area (Å²) in [6, 6.07) is 11.3. The molecule has 1 N–H and O–H groups in total. The molecule has 2 aromatic rings. The predicted octanol–water partition coefficient (Wildman–Crippen LogP) is 1.40. The summed E-state index contributed by atoms with van der Waals surface area (Å²) in [6.07, 6.45) is 2.87. The molecule has 3 atom stereocenters. The largest absolute Gasteiger partial charge is 0.394 e. The van der Waals surface area contributed by atoms with Crippen molar-refractivity contribution in [3.63, 3.8) is 0 Å². The summed E-state index contributed by atoms with van der Waals surface area (Å²) in [5.41, 5.74) is 2.14. The van der Waals surface area contributed by atoms with Gasteiger partial charge in [0.2, 0.25) is 0 Å². The third kappa shape index (κ3) is 2.60. The highest BCUT2D eigenvalue weighted by Crippen LogP contribution is 2.40. The molecule has 2 bridgehead atoms. The molecule has 0 spiro atoms. The molecule has 23 heavy (non-hydrogen) atoms. The molecule has 4 rings (SSSR count). The number of likely N-dealkylation sites (tertiary alicyclic amines) is 1. The fraction of sp³-hybridized carbons (Fsp3) is 0.444. The van der Waals surface area contributed by atoms with Crippen LogP contribution in [0.15, 0.2) is 47.4 Å². The highest BCUT2D eigenvalue weighted by molar-refractivity contribution is 5.19. The molecule has 0 saturated carbocycles. The Morgan fingerprint density at radius 1 is 1.17 bits per heavy atom. The van der Waals surface area contributed by atoms with Crippen LogP contribution in [0.25, 0.3) is 0 Å². The molecule has 120 valence electrons. The molecule has 0 aromatic carbocycles. The normalized spacial score (nSPS) is 26.7. The smallest absolute Gasteiger partial charge is 0.251 e. The molecule has 0 radical (unpaired) electrons. The standard InChI is InChI=1S/C18H21N3O2/c22-12-17-14-8-13(16-5-3-6-18(23)21(16)17)9-20(10-14)11-15-4-1-2-7-19-15/h1-7,13-14,17,22H,8-12H2/t13-,14+,17+/m1/s1. The highest BCUT2D eigenvalue weighted by atomic mass is 16.3. The van der Waals surface area contributed by atoms with Crippen LogP contribution in [0.4, 0.5) is 0 Å². The minimum atomic E-state index is -0.110. The lowest BCUT2D eigenvalue weighted by molar-refractivity contribution is 0.0575. The number of fused-ring (bicyclic) bond motifs is 4. The van der Waals surface area contributed by atoms with Gasteiger partial charge in [0.05, 0.1) is 18.3 Å². The number of hydrogen-bond acceptors (Lipinski definition) is 4. The van der Waals surface area contributed by atoms with Crippen LogP contribution < -0.4 is 5.56 Å². The van der Waals surface area contributed by atoms with Crippen molar-refractivity contribution < 1.29 is 5.11 Å². The summed E-state index contributed by atoms with van der Waals surface area (Å²) in [6.45, 7) is 2.68. The molecule has 2 aliphatic rings. The van der Waals surface area contributed by atoms with E-state index in [-0.39, 0.29) is 18.2 Å². The molecule has 5 nitrogen and oxygen atoms in total. The molecule has 1 saturated heterocycles. The summed E-state index contributed by atoms with van der Waals surface area (Å²) in [4.78, 5) is 19.1. The first-order valence-corrected chi connectivity index (χ1v) is 8.21. The van der Waals surface area contributed by atoms with Gasteiger partial charge in [-0.2, -0.15) is 0 Å². The second-order valence-corrected chi connectivity index (χ2v) is 6.62. The van der Waals surface area contributed by atoms with Gasteiger partial charge in [0.1, 0.15) is 0 Å². The van der Waals surface area contributed by atoms with Crippen molar-refractivity contribution in [1.29, 1.82) is 0 Å². The van der Waals surface area contributed by atoms with Gasteiger partial charge in [-0.3, -0.25) is 14.7 Å². The number of hydrogen-bond donors (Lipinski definition) is 1. The first-order valence-electron chi connectivity index (χ1n) is 8.21.